The second-order valence-corrected chi connectivity index (χ2v) is 3.89. The van der Waals surface area contributed by atoms with E-state index in [1.165, 1.54) is 0 Å². The molecule has 0 saturated carbocycles. The highest BCUT2D eigenvalue weighted by Gasteiger charge is 2.04. The minimum atomic E-state index is 0.657. The number of nitrogens with zero attached hydrogens (tertiary/aromatic N) is 1. The highest BCUT2D eigenvalue weighted by molar-refractivity contribution is 6.31. The molecule has 1 rings (SSSR count). The van der Waals surface area contributed by atoms with E-state index in [0.717, 1.165) is 29.4 Å². The fourth-order valence-electron chi connectivity index (χ4n) is 1.37. The van der Waals surface area contributed by atoms with Crippen LogP contribution in [0.25, 0.3) is 0 Å². The van der Waals surface area contributed by atoms with Gasteiger partial charge in [0, 0.05) is 24.7 Å². The topological polar surface area (TPSA) is 38.5 Å². The van der Waals surface area contributed by atoms with Crippen molar-refractivity contribution < 1.29 is 4.74 Å². The van der Waals surface area contributed by atoms with E-state index in [1.54, 1.807) is 7.11 Å². The summed E-state index contributed by atoms with van der Waals surface area (Å²) in [5.41, 5.74) is 6.56. The fraction of sp³-hybridized carbons (Fsp3) is 0.455. The van der Waals surface area contributed by atoms with E-state index >= 15 is 0 Å². The number of rotatable bonds is 5. The summed E-state index contributed by atoms with van der Waals surface area (Å²) in [6, 6.07) is 5.72. The lowest BCUT2D eigenvalue weighted by Crippen LogP contribution is -2.25. The molecule has 15 heavy (non-hydrogen) atoms. The van der Waals surface area contributed by atoms with Crippen molar-refractivity contribution in [2.45, 2.75) is 6.54 Å². The standard InChI is InChI=1S/C11H17ClN2O/c1-14(6-5-13)8-9-3-4-10(15-2)7-11(9)12/h3-4,7H,5-6,8,13H2,1-2H3. The second kappa shape index (κ2) is 5.95. The van der Waals surface area contributed by atoms with Gasteiger partial charge in [0.25, 0.3) is 0 Å². The molecule has 0 bridgehead atoms. The molecule has 3 nitrogen and oxygen atoms in total. The van der Waals surface area contributed by atoms with Gasteiger partial charge in [0.05, 0.1) is 7.11 Å². The zero-order chi connectivity index (χ0) is 11.3. The molecular weight excluding hydrogens is 212 g/mol. The third-order valence-corrected chi connectivity index (χ3v) is 2.56. The van der Waals surface area contributed by atoms with Gasteiger partial charge in [-0.05, 0) is 24.7 Å². The van der Waals surface area contributed by atoms with Gasteiger partial charge in [-0.1, -0.05) is 17.7 Å². The van der Waals surface area contributed by atoms with E-state index in [9.17, 15) is 0 Å². The Morgan fingerprint density at radius 3 is 2.73 bits per heavy atom. The van der Waals surface area contributed by atoms with Gasteiger partial charge in [-0.25, -0.2) is 0 Å². The van der Waals surface area contributed by atoms with E-state index in [0.29, 0.717) is 6.54 Å². The Hall–Kier alpha value is -0.770. The number of ether oxygens (including phenoxy) is 1. The van der Waals surface area contributed by atoms with Crippen LogP contribution in [0.1, 0.15) is 5.56 Å². The molecule has 0 aliphatic heterocycles. The summed E-state index contributed by atoms with van der Waals surface area (Å²) in [6.45, 7) is 2.33. The molecule has 0 aliphatic rings. The summed E-state index contributed by atoms with van der Waals surface area (Å²) in [6.07, 6.45) is 0. The molecule has 2 N–H and O–H groups in total. The molecule has 0 heterocycles. The maximum absolute atomic E-state index is 6.11. The molecule has 0 fully saturated rings. The van der Waals surface area contributed by atoms with Gasteiger partial charge in [0.2, 0.25) is 0 Å². The maximum Gasteiger partial charge on any atom is 0.120 e. The number of nitrogens with two attached hydrogens (primary N) is 1. The Labute approximate surface area is 95.8 Å². The van der Waals surface area contributed by atoms with Gasteiger partial charge in [0.15, 0.2) is 0 Å². The molecule has 1 aromatic rings. The average molecular weight is 229 g/mol. The minimum Gasteiger partial charge on any atom is -0.497 e. The van der Waals surface area contributed by atoms with Crippen LogP contribution in [0.5, 0.6) is 5.75 Å². The minimum absolute atomic E-state index is 0.657. The molecule has 0 aromatic heterocycles. The normalized spacial score (nSPS) is 10.7. The smallest absolute Gasteiger partial charge is 0.120 e. The van der Waals surface area contributed by atoms with Crippen LogP contribution < -0.4 is 10.5 Å². The molecule has 0 amide bonds. The number of hydrogen-bond acceptors (Lipinski definition) is 3. The fourth-order valence-corrected chi connectivity index (χ4v) is 1.60. The van der Waals surface area contributed by atoms with Crippen molar-refractivity contribution in [1.29, 1.82) is 0 Å². The zero-order valence-electron chi connectivity index (χ0n) is 9.16. The second-order valence-electron chi connectivity index (χ2n) is 3.48. The number of benzene rings is 1. The monoisotopic (exact) mass is 228 g/mol. The number of hydrogen-bond donors (Lipinski definition) is 1. The Kier molecular flexibility index (Phi) is 4.88. The predicted molar refractivity (Wildman–Crippen MR) is 63.4 cm³/mol. The van der Waals surface area contributed by atoms with Gasteiger partial charge >= 0.3 is 0 Å². The van der Waals surface area contributed by atoms with Crippen molar-refractivity contribution in [1.82, 2.24) is 4.90 Å². The Balaban J connectivity index is 2.69. The molecule has 0 spiro atoms. The van der Waals surface area contributed by atoms with Crippen molar-refractivity contribution in [3.63, 3.8) is 0 Å². The van der Waals surface area contributed by atoms with Crippen molar-refractivity contribution >= 4 is 11.6 Å². The van der Waals surface area contributed by atoms with Gasteiger partial charge in [0.1, 0.15) is 5.75 Å². The first kappa shape index (κ1) is 12.3. The third-order valence-electron chi connectivity index (χ3n) is 2.21. The predicted octanol–water partition coefficient (Wildman–Crippen LogP) is 1.74. The Morgan fingerprint density at radius 2 is 2.20 bits per heavy atom. The average Bonchev–Trinajstić information content (AvgIpc) is 2.21. The lowest BCUT2D eigenvalue weighted by atomic mass is 10.2. The molecule has 0 unspecified atom stereocenters. The summed E-state index contributed by atoms with van der Waals surface area (Å²) < 4.78 is 5.08. The lowest BCUT2D eigenvalue weighted by molar-refractivity contribution is 0.336. The first-order chi connectivity index (χ1) is 7.17. The summed E-state index contributed by atoms with van der Waals surface area (Å²) in [5, 5.41) is 0.734. The first-order valence-electron chi connectivity index (χ1n) is 4.88. The zero-order valence-corrected chi connectivity index (χ0v) is 9.92. The molecule has 0 aliphatic carbocycles. The van der Waals surface area contributed by atoms with Gasteiger partial charge < -0.3 is 15.4 Å². The van der Waals surface area contributed by atoms with Crippen LogP contribution in [0.3, 0.4) is 0 Å². The van der Waals surface area contributed by atoms with Crippen molar-refractivity contribution in [3.05, 3.63) is 28.8 Å². The Bertz CT molecular complexity index is 317. The van der Waals surface area contributed by atoms with E-state index in [4.69, 9.17) is 22.1 Å². The SMILES string of the molecule is COc1ccc(CN(C)CCN)c(Cl)c1. The van der Waals surface area contributed by atoms with Crippen LogP contribution in [0.15, 0.2) is 18.2 Å². The van der Waals surface area contributed by atoms with E-state index < -0.39 is 0 Å². The third kappa shape index (κ3) is 3.70. The van der Waals surface area contributed by atoms with Crippen molar-refractivity contribution in [2.24, 2.45) is 5.73 Å². The molecule has 4 heteroatoms. The van der Waals surface area contributed by atoms with E-state index in [-0.39, 0.29) is 0 Å². The van der Waals surface area contributed by atoms with Crippen LogP contribution >= 0.6 is 11.6 Å². The number of likely N-dealkylation sites (N-methyl/N-ethyl adjacent to an activating group) is 1. The molecule has 0 atom stereocenters. The summed E-state index contributed by atoms with van der Waals surface area (Å²) in [7, 11) is 3.65. The Morgan fingerprint density at radius 1 is 1.47 bits per heavy atom. The van der Waals surface area contributed by atoms with Crippen molar-refractivity contribution in [3.8, 4) is 5.75 Å². The van der Waals surface area contributed by atoms with Crippen LogP contribution in [0.2, 0.25) is 5.02 Å². The summed E-state index contributed by atoms with van der Waals surface area (Å²) >= 11 is 6.11. The molecule has 1 aromatic carbocycles. The highest BCUT2D eigenvalue weighted by Crippen LogP contribution is 2.23. The maximum atomic E-state index is 6.11. The number of halogens is 1. The first-order valence-corrected chi connectivity index (χ1v) is 5.26. The van der Waals surface area contributed by atoms with E-state index in [1.807, 2.05) is 25.2 Å². The van der Waals surface area contributed by atoms with E-state index in [2.05, 4.69) is 4.90 Å². The van der Waals surface area contributed by atoms with Crippen LogP contribution in [-0.4, -0.2) is 32.1 Å². The quantitative estimate of drug-likeness (QED) is 0.835. The highest BCUT2D eigenvalue weighted by atomic mass is 35.5. The van der Waals surface area contributed by atoms with Gasteiger partial charge in [-0.2, -0.15) is 0 Å². The largest absolute Gasteiger partial charge is 0.497 e. The lowest BCUT2D eigenvalue weighted by Gasteiger charge is -2.16. The summed E-state index contributed by atoms with van der Waals surface area (Å²) in [5.74, 6) is 0.783. The van der Waals surface area contributed by atoms with Crippen LogP contribution in [0, 0.1) is 0 Å². The summed E-state index contributed by atoms with van der Waals surface area (Å²) in [4.78, 5) is 2.13. The van der Waals surface area contributed by atoms with Crippen molar-refractivity contribution in [2.75, 3.05) is 27.2 Å². The number of methoxy groups -OCH3 is 1. The van der Waals surface area contributed by atoms with Crippen LogP contribution in [0.4, 0.5) is 0 Å². The van der Waals surface area contributed by atoms with Crippen LogP contribution in [-0.2, 0) is 6.54 Å². The molecule has 0 saturated heterocycles. The molecule has 0 radical (unpaired) electrons. The van der Waals surface area contributed by atoms with Gasteiger partial charge in [-0.3, -0.25) is 0 Å². The van der Waals surface area contributed by atoms with Gasteiger partial charge in [-0.15, -0.1) is 0 Å². The molecular formula is C11H17ClN2O. The molecule has 84 valence electrons.